The van der Waals surface area contributed by atoms with Crippen LogP contribution in [0.3, 0.4) is 0 Å². The molecule has 2 atom stereocenters. The number of benzene rings is 2. The Balaban J connectivity index is 0.00000338. The lowest BCUT2D eigenvalue weighted by Gasteiger charge is -2.18. The van der Waals surface area contributed by atoms with Gasteiger partial charge in [0.2, 0.25) is 0 Å². The van der Waals surface area contributed by atoms with Gasteiger partial charge in [-0.25, -0.2) is 0 Å². The molecule has 0 spiro atoms. The second-order valence-electron chi connectivity index (χ2n) is 5.81. The standard InChI is InChI=1S/C20H27N3OS.HI/c1-3-21-20(23-17(2)19-12-8-5-9-13-19)22-14-15-25(24)16-18-10-6-4-7-11-18;/h4-13,17H,3,14-16H2,1-2H3,(H2,21,22,23);1H. The van der Waals surface area contributed by atoms with Crippen LogP contribution in [0.5, 0.6) is 0 Å². The summed E-state index contributed by atoms with van der Waals surface area (Å²) in [5, 5.41) is 6.64. The summed E-state index contributed by atoms with van der Waals surface area (Å²) in [5.74, 6) is 1.90. The van der Waals surface area contributed by atoms with Gasteiger partial charge in [0, 0.05) is 28.9 Å². The molecule has 0 saturated carbocycles. The van der Waals surface area contributed by atoms with Gasteiger partial charge in [-0.1, -0.05) is 60.7 Å². The van der Waals surface area contributed by atoms with Crippen LogP contribution in [0.15, 0.2) is 65.7 Å². The fourth-order valence-corrected chi connectivity index (χ4v) is 3.45. The lowest BCUT2D eigenvalue weighted by molar-refractivity contribution is 0.679. The van der Waals surface area contributed by atoms with Crippen molar-refractivity contribution in [3.8, 4) is 0 Å². The SMILES string of the molecule is CCNC(=NCCS(=O)Cc1ccccc1)NC(C)c1ccccc1.I. The van der Waals surface area contributed by atoms with Gasteiger partial charge in [-0.05, 0) is 25.0 Å². The molecule has 0 radical (unpaired) electrons. The van der Waals surface area contributed by atoms with Gasteiger partial charge in [0.1, 0.15) is 0 Å². The summed E-state index contributed by atoms with van der Waals surface area (Å²) in [7, 11) is -0.903. The summed E-state index contributed by atoms with van der Waals surface area (Å²) in [4.78, 5) is 4.56. The maximum Gasteiger partial charge on any atom is 0.191 e. The Morgan fingerprint density at radius 3 is 2.31 bits per heavy atom. The number of guanidine groups is 1. The average molecular weight is 485 g/mol. The highest BCUT2D eigenvalue weighted by Crippen LogP contribution is 2.10. The van der Waals surface area contributed by atoms with Crippen LogP contribution < -0.4 is 10.6 Å². The molecule has 0 aromatic heterocycles. The van der Waals surface area contributed by atoms with Gasteiger partial charge in [0.15, 0.2) is 5.96 Å². The third kappa shape index (κ3) is 8.31. The first kappa shape index (κ1) is 22.6. The van der Waals surface area contributed by atoms with E-state index in [9.17, 15) is 4.21 Å². The van der Waals surface area contributed by atoms with Crippen molar-refractivity contribution in [2.75, 3.05) is 18.8 Å². The van der Waals surface area contributed by atoms with Gasteiger partial charge in [-0.2, -0.15) is 0 Å². The number of rotatable bonds is 8. The Hall–Kier alpha value is -1.41. The van der Waals surface area contributed by atoms with Crippen molar-refractivity contribution in [1.82, 2.24) is 10.6 Å². The molecule has 0 bridgehead atoms. The quantitative estimate of drug-likeness (QED) is 0.339. The van der Waals surface area contributed by atoms with Crippen LogP contribution in [-0.2, 0) is 16.6 Å². The van der Waals surface area contributed by atoms with Crippen molar-refractivity contribution >= 4 is 40.7 Å². The minimum absolute atomic E-state index is 0. The van der Waals surface area contributed by atoms with E-state index in [2.05, 4.69) is 34.7 Å². The summed E-state index contributed by atoms with van der Waals surface area (Å²) in [6, 6.07) is 20.4. The number of hydrogen-bond acceptors (Lipinski definition) is 2. The average Bonchev–Trinajstić information content (AvgIpc) is 2.63. The molecular weight excluding hydrogens is 457 g/mol. The van der Waals surface area contributed by atoms with E-state index in [1.54, 1.807) is 0 Å². The Labute approximate surface area is 176 Å². The van der Waals surface area contributed by atoms with Crippen molar-refractivity contribution in [2.24, 2.45) is 4.99 Å². The van der Waals surface area contributed by atoms with Crippen molar-refractivity contribution in [3.63, 3.8) is 0 Å². The summed E-state index contributed by atoms with van der Waals surface area (Å²) < 4.78 is 12.2. The van der Waals surface area contributed by atoms with Crippen LogP contribution in [0.25, 0.3) is 0 Å². The first-order chi connectivity index (χ1) is 12.2. The summed E-state index contributed by atoms with van der Waals surface area (Å²) >= 11 is 0. The van der Waals surface area contributed by atoms with Crippen molar-refractivity contribution in [3.05, 3.63) is 71.8 Å². The minimum Gasteiger partial charge on any atom is -0.357 e. The van der Waals surface area contributed by atoms with E-state index in [4.69, 9.17) is 0 Å². The molecule has 2 aromatic carbocycles. The topological polar surface area (TPSA) is 53.5 Å². The molecule has 0 aliphatic heterocycles. The summed E-state index contributed by atoms with van der Waals surface area (Å²) in [5.41, 5.74) is 2.31. The monoisotopic (exact) mass is 485 g/mol. The molecular formula is C20H28IN3OS. The first-order valence-corrected chi connectivity index (χ1v) is 10.2. The second kappa shape index (κ2) is 12.9. The number of hydrogen-bond donors (Lipinski definition) is 2. The van der Waals surface area contributed by atoms with Crippen LogP contribution in [0.1, 0.15) is 31.0 Å². The molecule has 0 aliphatic carbocycles. The lowest BCUT2D eigenvalue weighted by atomic mass is 10.1. The highest BCUT2D eigenvalue weighted by Gasteiger charge is 2.07. The fraction of sp³-hybridized carbons (Fsp3) is 0.350. The molecule has 0 heterocycles. The predicted molar refractivity (Wildman–Crippen MR) is 123 cm³/mol. The van der Waals surface area contributed by atoms with Gasteiger partial charge in [0.05, 0.1) is 12.6 Å². The number of nitrogens with one attached hydrogen (secondary N) is 2. The van der Waals surface area contributed by atoms with Crippen LogP contribution in [-0.4, -0.2) is 29.0 Å². The smallest absolute Gasteiger partial charge is 0.191 e. The zero-order valence-electron chi connectivity index (χ0n) is 15.4. The van der Waals surface area contributed by atoms with E-state index in [-0.39, 0.29) is 30.0 Å². The highest BCUT2D eigenvalue weighted by atomic mass is 127. The van der Waals surface area contributed by atoms with E-state index in [1.807, 2.05) is 55.5 Å². The van der Waals surface area contributed by atoms with Crippen LogP contribution >= 0.6 is 24.0 Å². The number of halogens is 1. The zero-order chi connectivity index (χ0) is 17.9. The highest BCUT2D eigenvalue weighted by molar-refractivity contribution is 14.0. The molecule has 0 amide bonds. The van der Waals surface area contributed by atoms with Crippen molar-refractivity contribution < 1.29 is 4.21 Å². The molecule has 6 heteroatoms. The lowest BCUT2D eigenvalue weighted by Crippen LogP contribution is -2.39. The minimum atomic E-state index is -0.903. The molecule has 0 fully saturated rings. The van der Waals surface area contributed by atoms with Gasteiger partial charge < -0.3 is 10.6 Å². The largest absolute Gasteiger partial charge is 0.357 e. The molecule has 2 unspecified atom stereocenters. The van der Waals surface area contributed by atoms with Crippen molar-refractivity contribution in [2.45, 2.75) is 25.6 Å². The second-order valence-corrected chi connectivity index (χ2v) is 7.39. The maximum absolute atomic E-state index is 12.2. The van der Waals surface area contributed by atoms with Crippen LogP contribution in [0.2, 0.25) is 0 Å². The molecule has 142 valence electrons. The Morgan fingerprint density at radius 2 is 1.69 bits per heavy atom. The van der Waals surface area contributed by atoms with Crippen molar-refractivity contribution in [1.29, 1.82) is 0 Å². The van der Waals surface area contributed by atoms with Gasteiger partial charge in [-0.3, -0.25) is 9.20 Å². The Bertz CT molecular complexity index is 680. The van der Waals surface area contributed by atoms with Crippen LogP contribution in [0, 0.1) is 0 Å². The summed E-state index contributed by atoms with van der Waals surface area (Å²) in [6.07, 6.45) is 0. The molecule has 2 aromatic rings. The molecule has 4 nitrogen and oxygen atoms in total. The van der Waals surface area contributed by atoms with E-state index in [0.29, 0.717) is 18.1 Å². The molecule has 0 aliphatic rings. The van der Waals surface area contributed by atoms with E-state index in [1.165, 1.54) is 5.56 Å². The fourth-order valence-electron chi connectivity index (χ4n) is 2.44. The number of aliphatic imine (C=N–C) groups is 1. The third-order valence-corrected chi connectivity index (χ3v) is 5.05. The molecule has 2 rings (SSSR count). The molecule has 2 N–H and O–H groups in total. The van der Waals surface area contributed by atoms with Gasteiger partial charge in [-0.15, -0.1) is 24.0 Å². The molecule has 0 saturated heterocycles. The van der Waals surface area contributed by atoms with E-state index >= 15 is 0 Å². The van der Waals surface area contributed by atoms with E-state index in [0.717, 1.165) is 18.1 Å². The van der Waals surface area contributed by atoms with Gasteiger partial charge in [0.25, 0.3) is 0 Å². The Kier molecular flexibility index (Phi) is 11.2. The van der Waals surface area contributed by atoms with E-state index < -0.39 is 10.8 Å². The molecule has 26 heavy (non-hydrogen) atoms. The zero-order valence-corrected chi connectivity index (χ0v) is 18.5. The Morgan fingerprint density at radius 1 is 1.08 bits per heavy atom. The number of nitrogens with zero attached hydrogens (tertiary/aromatic N) is 1. The first-order valence-electron chi connectivity index (χ1n) is 8.67. The predicted octanol–water partition coefficient (Wildman–Crippen LogP) is 3.87. The van der Waals surface area contributed by atoms with Gasteiger partial charge >= 0.3 is 0 Å². The summed E-state index contributed by atoms with van der Waals surface area (Å²) in [6.45, 7) is 5.48. The van der Waals surface area contributed by atoms with Crippen LogP contribution in [0.4, 0.5) is 0 Å². The third-order valence-electron chi connectivity index (χ3n) is 3.76. The maximum atomic E-state index is 12.2. The normalized spacial score (nSPS) is 13.4.